The molecule has 3 heteroatoms. The lowest BCUT2D eigenvalue weighted by molar-refractivity contribution is 1.47. The predicted octanol–water partition coefficient (Wildman–Crippen LogP) is 6.48. The summed E-state index contributed by atoms with van der Waals surface area (Å²) in [5.74, 6) is 0. The second-order valence-corrected chi connectivity index (χ2v) is 7.15. The number of anilines is 1. The first-order chi connectivity index (χ1) is 10.8. The van der Waals surface area contributed by atoms with Crippen molar-refractivity contribution >= 4 is 49.1 Å². The number of benzene rings is 3. The van der Waals surface area contributed by atoms with Crippen LogP contribution in [0, 0.1) is 6.92 Å². The van der Waals surface area contributed by atoms with Crippen molar-refractivity contribution in [3.05, 3.63) is 72.3 Å². The highest BCUT2D eigenvalue weighted by molar-refractivity contribution is 8.01. The molecule has 4 aromatic rings. The maximum atomic E-state index is 3.49. The van der Waals surface area contributed by atoms with Crippen LogP contribution in [0.3, 0.4) is 0 Å². The molecular weight excluding hydrogens is 306 g/mol. The van der Waals surface area contributed by atoms with E-state index in [-0.39, 0.29) is 0 Å². The lowest BCUT2D eigenvalue weighted by Gasteiger charge is -2.08. The van der Waals surface area contributed by atoms with Gasteiger partial charge in [0.15, 0.2) is 0 Å². The number of hydrogen-bond acceptors (Lipinski definition) is 3. The number of fused-ring (bicyclic) bond motifs is 3. The number of aryl methyl sites for hydroxylation is 1. The SMILES string of the molecule is Cc1ccccc1NSc1cccc2c1sc1ccccc12. The van der Waals surface area contributed by atoms with Crippen molar-refractivity contribution in [2.75, 3.05) is 4.72 Å². The molecule has 4 rings (SSSR count). The molecule has 0 aliphatic rings. The molecule has 1 N–H and O–H groups in total. The van der Waals surface area contributed by atoms with Crippen molar-refractivity contribution in [2.24, 2.45) is 0 Å². The van der Waals surface area contributed by atoms with Crippen LogP contribution in [0.2, 0.25) is 0 Å². The molecule has 108 valence electrons. The van der Waals surface area contributed by atoms with Crippen molar-refractivity contribution in [3.63, 3.8) is 0 Å². The van der Waals surface area contributed by atoms with E-state index in [1.54, 1.807) is 11.9 Å². The molecule has 0 fully saturated rings. The molecule has 0 aliphatic carbocycles. The van der Waals surface area contributed by atoms with Gasteiger partial charge in [0.05, 0.1) is 4.70 Å². The Balaban J connectivity index is 1.74. The fourth-order valence-corrected chi connectivity index (χ4v) is 4.76. The summed E-state index contributed by atoms with van der Waals surface area (Å²) in [5.41, 5.74) is 2.43. The minimum Gasteiger partial charge on any atom is -0.325 e. The van der Waals surface area contributed by atoms with Gasteiger partial charge in [0.1, 0.15) is 0 Å². The normalized spacial score (nSPS) is 11.1. The minimum atomic E-state index is 1.17. The van der Waals surface area contributed by atoms with E-state index in [4.69, 9.17) is 0 Å². The summed E-state index contributed by atoms with van der Waals surface area (Å²) in [7, 11) is 0. The van der Waals surface area contributed by atoms with Crippen LogP contribution in [-0.2, 0) is 0 Å². The molecule has 0 spiro atoms. The largest absolute Gasteiger partial charge is 0.325 e. The van der Waals surface area contributed by atoms with E-state index in [2.05, 4.69) is 78.4 Å². The maximum absolute atomic E-state index is 3.49. The van der Waals surface area contributed by atoms with Gasteiger partial charge < -0.3 is 4.72 Å². The van der Waals surface area contributed by atoms with E-state index >= 15 is 0 Å². The summed E-state index contributed by atoms with van der Waals surface area (Å²) in [4.78, 5) is 1.28. The molecule has 0 saturated carbocycles. The second kappa shape index (κ2) is 5.67. The lowest BCUT2D eigenvalue weighted by atomic mass is 10.1. The summed E-state index contributed by atoms with van der Waals surface area (Å²) in [6.07, 6.45) is 0. The standard InChI is InChI=1S/C19H15NS2/c1-13-7-2-4-10-16(13)20-22-18-12-6-9-15-14-8-3-5-11-17(14)21-19(15)18/h2-12,20H,1H3. The summed E-state index contributed by atoms with van der Waals surface area (Å²) in [5, 5.41) is 2.69. The average molecular weight is 321 g/mol. The maximum Gasteiger partial charge on any atom is 0.0509 e. The molecule has 0 radical (unpaired) electrons. The Hall–Kier alpha value is -1.97. The van der Waals surface area contributed by atoms with E-state index in [1.807, 2.05) is 11.3 Å². The molecule has 0 bridgehead atoms. The van der Waals surface area contributed by atoms with E-state index < -0.39 is 0 Å². The molecule has 0 atom stereocenters. The van der Waals surface area contributed by atoms with Crippen LogP contribution >= 0.6 is 23.3 Å². The molecule has 1 heterocycles. The highest BCUT2D eigenvalue weighted by atomic mass is 32.2. The second-order valence-electron chi connectivity index (χ2n) is 5.25. The van der Waals surface area contributed by atoms with E-state index in [0.29, 0.717) is 0 Å². The Morgan fingerprint density at radius 2 is 1.59 bits per heavy atom. The van der Waals surface area contributed by atoms with Crippen LogP contribution in [0.5, 0.6) is 0 Å². The molecule has 0 amide bonds. The van der Waals surface area contributed by atoms with Crippen molar-refractivity contribution in [2.45, 2.75) is 11.8 Å². The molecule has 0 saturated heterocycles. The third-order valence-electron chi connectivity index (χ3n) is 3.78. The van der Waals surface area contributed by atoms with Gasteiger partial charge in [-0.2, -0.15) is 0 Å². The van der Waals surface area contributed by atoms with Crippen LogP contribution < -0.4 is 4.72 Å². The molecular formula is C19H15NS2. The summed E-state index contributed by atoms with van der Waals surface area (Å²) < 4.78 is 6.19. The smallest absolute Gasteiger partial charge is 0.0509 e. The van der Waals surface area contributed by atoms with E-state index in [1.165, 1.54) is 36.3 Å². The topological polar surface area (TPSA) is 12.0 Å². The van der Waals surface area contributed by atoms with Crippen LogP contribution in [0.1, 0.15) is 5.56 Å². The zero-order valence-corrected chi connectivity index (χ0v) is 13.8. The summed E-state index contributed by atoms with van der Waals surface area (Å²) in [6, 6.07) is 23.5. The Kier molecular flexibility index (Phi) is 3.53. The van der Waals surface area contributed by atoms with Crippen LogP contribution in [0.4, 0.5) is 5.69 Å². The van der Waals surface area contributed by atoms with Crippen molar-refractivity contribution in [1.29, 1.82) is 0 Å². The minimum absolute atomic E-state index is 1.17. The Labute approximate surface area is 138 Å². The number of para-hydroxylation sites is 1. The fraction of sp³-hybridized carbons (Fsp3) is 0.0526. The van der Waals surface area contributed by atoms with Gasteiger partial charge in [-0.3, -0.25) is 0 Å². The zero-order chi connectivity index (χ0) is 14.9. The van der Waals surface area contributed by atoms with Gasteiger partial charge in [-0.1, -0.05) is 48.5 Å². The number of hydrogen-bond donors (Lipinski definition) is 1. The molecule has 0 aliphatic heterocycles. The summed E-state index contributed by atoms with van der Waals surface area (Å²) >= 11 is 3.56. The highest BCUT2D eigenvalue weighted by Gasteiger charge is 2.09. The monoisotopic (exact) mass is 321 g/mol. The Morgan fingerprint density at radius 3 is 2.50 bits per heavy atom. The third kappa shape index (κ3) is 2.36. The molecule has 3 aromatic carbocycles. The van der Waals surface area contributed by atoms with Crippen molar-refractivity contribution in [1.82, 2.24) is 0 Å². The fourth-order valence-electron chi connectivity index (χ4n) is 2.60. The van der Waals surface area contributed by atoms with Crippen molar-refractivity contribution < 1.29 is 0 Å². The van der Waals surface area contributed by atoms with Gasteiger partial charge in [0.25, 0.3) is 0 Å². The predicted molar refractivity (Wildman–Crippen MR) is 100.0 cm³/mol. The van der Waals surface area contributed by atoms with Gasteiger partial charge in [-0.15, -0.1) is 11.3 Å². The first-order valence-electron chi connectivity index (χ1n) is 7.22. The third-order valence-corrected chi connectivity index (χ3v) is 6.02. The number of thiophene rings is 1. The van der Waals surface area contributed by atoms with Crippen LogP contribution in [0.25, 0.3) is 20.2 Å². The van der Waals surface area contributed by atoms with Gasteiger partial charge in [0, 0.05) is 26.1 Å². The zero-order valence-electron chi connectivity index (χ0n) is 12.2. The first kappa shape index (κ1) is 13.7. The number of rotatable bonds is 3. The first-order valence-corrected chi connectivity index (χ1v) is 8.85. The Bertz CT molecular complexity index is 956. The average Bonchev–Trinajstić information content (AvgIpc) is 2.93. The quantitative estimate of drug-likeness (QED) is 0.433. The molecule has 1 nitrogen and oxygen atoms in total. The molecule has 22 heavy (non-hydrogen) atoms. The van der Waals surface area contributed by atoms with Crippen molar-refractivity contribution in [3.8, 4) is 0 Å². The van der Waals surface area contributed by atoms with Crippen LogP contribution in [-0.4, -0.2) is 0 Å². The van der Waals surface area contributed by atoms with Gasteiger partial charge in [0.2, 0.25) is 0 Å². The molecule has 1 aromatic heterocycles. The Morgan fingerprint density at radius 1 is 0.818 bits per heavy atom. The number of nitrogens with one attached hydrogen (secondary N) is 1. The highest BCUT2D eigenvalue weighted by Crippen LogP contribution is 2.39. The van der Waals surface area contributed by atoms with E-state index in [9.17, 15) is 0 Å². The molecule has 0 unspecified atom stereocenters. The summed E-state index contributed by atoms with van der Waals surface area (Å²) in [6.45, 7) is 2.13. The van der Waals surface area contributed by atoms with E-state index in [0.717, 1.165) is 0 Å². The van der Waals surface area contributed by atoms with Gasteiger partial charge >= 0.3 is 0 Å². The van der Waals surface area contributed by atoms with Crippen LogP contribution in [0.15, 0.2) is 71.6 Å². The van der Waals surface area contributed by atoms with Gasteiger partial charge in [-0.25, -0.2) is 0 Å². The lowest BCUT2D eigenvalue weighted by Crippen LogP contribution is -1.89. The van der Waals surface area contributed by atoms with Gasteiger partial charge in [-0.05, 0) is 42.6 Å².